The van der Waals surface area contributed by atoms with Gasteiger partial charge >= 0.3 is 66.1 Å². The molecule has 10 rings (SSSR count). The summed E-state index contributed by atoms with van der Waals surface area (Å²) in [6.45, 7) is 83.0. The summed E-state index contributed by atoms with van der Waals surface area (Å²) in [7, 11) is 1.32. The van der Waals surface area contributed by atoms with E-state index in [9.17, 15) is 61.1 Å². The lowest BCUT2D eigenvalue weighted by Gasteiger charge is -2.33. The first kappa shape index (κ1) is 126. The normalized spacial score (nSPS) is 30.3. The van der Waals surface area contributed by atoms with Crippen LogP contribution in [-0.4, -0.2) is 261 Å². The van der Waals surface area contributed by atoms with Gasteiger partial charge in [-0.05, 0) is 341 Å². The van der Waals surface area contributed by atoms with Crippen molar-refractivity contribution in [2.24, 2.45) is 71.0 Å². The summed E-state index contributed by atoms with van der Waals surface area (Å²) in [5.74, 6) is -11.4. The zero-order valence-corrected chi connectivity index (χ0v) is 97.9. The number of ether oxygens (including phenoxy) is 12. The minimum Gasteiger partial charge on any atom is -0.465 e. The molecule has 0 aromatic rings. The first-order chi connectivity index (χ1) is 66.0. The molecule has 10 N–H and O–H groups in total. The predicted octanol–water partition coefficient (Wildman–Crippen LogP) is 15.3. The first-order valence-electron chi connectivity index (χ1n) is 53.9. The summed E-state index contributed by atoms with van der Waals surface area (Å²) >= 11 is 0. The van der Waals surface area contributed by atoms with Crippen molar-refractivity contribution in [3.8, 4) is 0 Å². The molecule has 0 aromatic carbocycles. The fourth-order valence-corrected chi connectivity index (χ4v) is 27.4. The van der Waals surface area contributed by atoms with Crippen LogP contribution in [0, 0.1) is 71.0 Å². The van der Waals surface area contributed by atoms with E-state index in [1.807, 2.05) is 83.1 Å². The van der Waals surface area contributed by atoms with E-state index in [0.29, 0.717) is 19.3 Å². The highest BCUT2D eigenvalue weighted by Crippen LogP contribution is 2.48. The molecule has 32 nitrogen and oxygen atoms in total. The molecule has 12 unspecified atom stereocenters. The van der Waals surface area contributed by atoms with Crippen LogP contribution in [0.4, 0.5) is 13.2 Å². The smallest absolute Gasteiger partial charge is 0.465 e. The van der Waals surface area contributed by atoms with E-state index in [4.69, 9.17) is 52.1 Å². The Bertz CT molecular complexity index is 4400. The highest BCUT2D eigenvalue weighted by Gasteiger charge is 2.60. The summed E-state index contributed by atoms with van der Waals surface area (Å²) in [4.78, 5) is 137. The molecule has 10 heterocycles. The third-order valence-electron chi connectivity index (χ3n) is 33.8. The molecule has 848 valence electrons. The van der Waals surface area contributed by atoms with Gasteiger partial charge in [0.15, 0.2) is 11.2 Å². The monoisotopic (exact) mass is 2090 g/mol. The van der Waals surface area contributed by atoms with Crippen LogP contribution < -0.4 is 53.2 Å². The van der Waals surface area contributed by atoms with Crippen molar-refractivity contribution in [3.05, 3.63) is 0 Å². The van der Waals surface area contributed by atoms with Gasteiger partial charge in [0.05, 0.1) is 116 Å². The van der Waals surface area contributed by atoms with Crippen molar-refractivity contribution in [2.45, 2.75) is 508 Å². The number of carbonyl (C=O) groups excluding carboxylic acids is 10. The van der Waals surface area contributed by atoms with Gasteiger partial charge in [-0.2, -0.15) is 0 Å². The molecule has 0 saturated carbocycles. The van der Waals surface area contributed by atoms with E-state index in [-0.39, 0.29) is 219 Å². The van der Waals surface area contributed by atoms with Crippen molar-refractivity contribution < 1.29 is 118 Å². The Balaban J connectivity index is 0.000000271. The average Bonchev–Trinajstić information content (AvgIpc) is 1.67. The zero-order chi connectivity index (χ0) is 112. The average molecular weight is 2090 g/mol. The van der Waals surface area contributed by atoms with Crippen molar-refractivity contribution in [3.63, 3.8) is 0 Å². The Hall–Kier alpha value is -5.99. The number of methoxy groups -OCH3 is 1. The van der Waals surface area contributed by atoms with Gasteiger partial charge in [0.25, 0.3) is 0 Å². The van der Waals surface area contributed by atoms with Crippen LogP contribution in [0.1, 0.15) is 380 Å². The standard InChI is InChI=1S/C44H78N4O8.C34H58F3N3O7.C34H61N3O7/c1-37(2)19-27(41(9,10)45-37)23-53-33(49)17-31(35(51)55-25-29-21-39(5,6)47-43(29,13)14)32(36(52)56-26-30-22-40(7,8)48-44(30,15)16)18-34(50)54-24-28-20-38(3,4)46-42(28,11)12;1-27(2)13-21(30(7,8)38-27)18-44-24(41)16-33(47-34(35,36)37,26(43)46-20-23-15-29(5,6)40-32(23,11)12)17-25(42)45-19-22-14-28(3,4)39-31(22,9)10;1-28(2)14-22(31(7,8)35-28)19-42-25(38)17-34(41-13,27(40)44-21-24-16-30(5,6)37-33(24,11)12)18-26(39)43-20-23-15-29(3,4)36-32(23,9)10/h27-32,45-48H,17-26H2,1-16H3;21-23,38-40H,13-20H2,1-12H3;22-24,35-37H,14-21H2,1-13H3. The largest absolute Gasteiger partial charge is 0.523 e. The van der Waals surface area contributed by atoms with Crippen LogP contribution in [0.3, 0.4) is 0 Å². The molecule has 35 heteroatoms. The molecule has 12 atom stereocenters. The zero-order valence-electron chi connectivity index (χ0n) is 97.9. The van der Waals surface area contributed by atoms with Crippen LogP contribution in [0.25, 0.3) is 0 Å². The van der Waals surface area contributed by atoms with Gasteiger partial charge < -0.3 is 105 Å². The predicted molar refractivity (Wildman–Crippen MR) is 558 cm³/mol. The topological polar surface area (TPSA) is 402 Å². The summed E-state index contributed by atoms with van der Waals surface area (Å²) < 4.78 is 110. The van der Waals surface area contributed by atoms with Gasteiger partial charge in [-0.3, -0.25) is 43.1 Å². The Morgan fingerprint density at radius 2 is 0.367 bits per heavy atom. The van der Waals surface area contributed by atoms with Crippen molar-refractivity contribution in [1.82, 2.24) is 53.2 Å². The summed E-state index contributed by atoms with van der Waals surface area (Å²) in [6.07, 6.45) is -2.07. The molecule has 147 heavy (non-hydrogen) atoms. The number of alkyl halides is 3. The van der Waals surface area contributed by atoms with Crippen molar-refractivity contribution in [2.75, 3.05) is 73.2 Å². The molecule has 0 radical (unpaired) electrons. The summed E-state index contributed by atoms with van der Waals surface area (Å²) in [6, 6.07) is 0. The number of nitrogens with one attached hydrogen (secondary N) is 10. The number of halogens is 3. The number of carbonyl (C=O) groups is 10. The summed E-state index contributed by atoms with van der Waals surface area (Å²) in [5, 5.41) is 35.6. The minimum atomic E-state index is -5.39. The van der Waals surface area contributed by atoms with Gasteiger partial charge in [0.2, 0.25) is 0 Å². The Kier molecular flexibility index (Phi) is 38.4. The maximum absolute atomic E-state index is 14.3. The highest BCUT2D eigenvalue weighted by atomic mass is 19.4. The molecule has 0 bridgehead atoms. The van der Waals surface area contributed by atoms with Crippen LogP contribution in [0.5, 0.6) is 0 Å². The third-order valence-corrected chi connectivity index (χ3v) is 33.8. The molecule has 10 saturated heterocycles. The lowest BCUT2D eigenvalue weighted by atomic mass is 9.85. The second-order valence-electron chi connectivity index (χ2n) is 57.9. The molecule has 0 amide bonds. The number of esters is 10. The molecule has 10 aliphatic heterocycles. The van der Waals surface area contributed by atoms with Gasteiger partial charge in [-0.1, -0.05) is 0 Å². The first-order valence-corrected chi connectivity index (χ1v) is 53.9. The quantitative estimate of drug-likeness (QED) is 0.0202. The van der Waals surface area contributed by atoms with Gasteiger partial charge in [-0.25, -0.2) is 9.59 Å². The number of rotatable bonds is 39. The van der Waals surface area contributed by atoms with E-state index in [1.165, 1.54) is 7.11 Å². The van der Waals surface area contributed by atoms with Crippen LogP contribution in [-0.2, 0) is 105 Å². The molecule has 10 aliphatic rings. The van der Waals surface area contributed by atoms with Crippen LogP contribution in [0.15, 0.2) is 0 Å². The SMILES string of the molecule is CC1(C)CC(COC(=O)CC(C(=O)OCC2CC(C)(C)NC2(C)C)C(CC(=O)OCC2CC(C)(C)NC2(C)C)C(=O)OCC2CC(C)(C)NC2(C)C)C(C)(C)N1.CC1(C)CC(COC(=O)CC(CC(=O)OCC2CC(C)(C)NC2(C)C)(OC(F)(F)F)C(=O)OCC2CC(C)(C)NC2(C)C)C(C)(C)N1.COC(CC(=O)OCC1CC(C)(C)NC1(C)C)(CC(=O)OCC1CC(C)(C)NC1(C)C)C(=O)OCC1CC(C)(C)NC1(C)C. The number of hydrogen-bond donors (Lipinski definition) is 10. The molecule has 10 fully saturated rings. The second-order valence-corrected chi connectivity index (χ2v) is 57.9. The Labute approximate surface area is 878 Å². The highest BCUT2D eigenvalue weighted by molar-refractivity contribution is 5.92. The molecule has 0 aromatic heterocycles. The van der Waals surface area contributed by atoms with E-state index in [0.717, 1.165) is 44.9 Å². The van der Waals surface area contributed by atoms with E-state index in [1.54, 1.807) is 0 Å². The molecular weight excluding hydrogens is 1890 g/mol. The lowest BCUT2D eigenvalue weighted by Crippen LogP contribution is -2.51. The van der Waals surface area contributed by atoms with E-state index < -0.39 is 144 Å². The fourth-order valence-electron chi connectivity index (χ4n) is 27.4. The minimum absolute atomic E-state index is 0.0158. The Morgan fingerprint density at radius 1 is 0.224 bits per heavy atom. The lowest BCUT2D eigenvalue weighted by molar-refractivity contribution is -0.363. The molecule has 0 spiro atoms. The van der Waals surface area contributed by atoms with E-state index in [2.05, 4.69) is 252 Å². The number of hydrogen-bond acceptors (Lipinski definition) is 32. The maximum Gasteiger partial charge on any atom is 0.523 e. The summed E-state index contributed by atoms with van der Waals surface area (Å²) in [5.41, 5.74) is -9.78. The maximum atomic E-state index is 14.3. The van der Waals surface area contributed by atoms with E-state index >= 15 is 0 Å². The third kappa shape index (κ3) is 35.3. The van der Waals surface area contributed by atoms with Crippen LogP contribution >= 0.6 is 0 Å². The van der Waals surface area contributed by atoms with Gasteiger partial charge in [-0.15, -0.1) is 13.2 Å². The van der Waals surface area contributed by atoms with Crippen molar-refractivity contribution >= 4 is 59.7 Å². The van der Waals surface area contributed by atoms with Crippen LogP contribution in [0.2, 0.25) is 0 Å². The second kappa shape index (κ2) is 44.7. The Morgan fingerprint density at radius 3 is 0.517 bits per heavy atom. The molecular formula is C112H197F3N10O22. The molecule has 0 aliphatic carbocycles. The van der Waals surface area contributed by atoms with Gasteiger partial charge in [0, 0.05) is 177 Å². The fraction of sp³-hybridized carbons (Fsp3) is 0.911. The van der Waals surface area contributed by atoms with Crippen molar-refractivity contribution in [1.29, 1.82) is 0 Å². The van der Waals surface area contributed by atoms with Gasteiger partial charge in [0.1, 0.15) is 0 Å².